The molecule has 0 bridgehead atoms. The Hall–Kier alpha value is -2.06. The smallest absolute Gasteiger partial charge is 0.122 e. The van der Waals surface area contributed by atoms with Gasteiger partial charge in [-0.05, 0) is 25.5 Å². The Morgan fingerprint density at radius 2 is 1.45 bits per heavy atom. The number of rotatable bonds is 4. The van der Waals surface area contributed by atoms with Crippen LogP contribution in [-0.4, -0.2) is 18.3 Å². The van der Waals surface area contributed by atoms with Crippen LogP contribution < -0.4 is 0 Å². The van der Waals surface area contributed by atoms with Crippen LogP contribution in [0.3, 0.4) is 0 Å². The summed E-state index contributed by atoms with van der Waals surface area (Å²) >= 11 is 0. The molecule has 0 heterocycles. The molecule has 0 saturated heterocycles. The zero-order valence-electron chi connectivity index (χ0n) is 12.1. The highest BCUT2D eigenvalue weighted by Crippen LogP contribution is 2.18. The van der Waals surface area contributed by atoms with E-state index in [4.69, 9.17) is 4.74 Å². The van der Waals surface area contributed by atoms with Gasteiger partial charge in [0, 0.05) is 18.8 Å². The van der Waals surface area contributed by atoms with Crippen LogP contribution in [0.15, 0.2) is 54.6 Å². The lowest BCUT2D eigenvalue weighted by Crippen LogP contribution is -1.84. The molecule has 2 nitrogen and oxygen atoms in total. The lowest BCUT2D eigenvalue weighted by molar-refractivity contribution is 0.162. The van der Waals surface area contributed by atoms with Gasteiger partial charge in [-0.2, -0.15) is 0 Å². The molecule has 0 aliphatic rings. The van der Waals surface area contributed by atoms with E-state index in [0.29, 0.717) is 5.75 Å². The van der Waals surface area contributed by atoms with Crippen LogP contribution in [0, 0.1) is 0 Å². The van der Waals surface area contributed by atoms with Crippen molar-refractivity contribution in [2.75, 3.05) is 13.2 Å². The van der Waals surface area contributed by atoms with E-state index in [2.05, 4.69) is 0 Å². The van der Waals surface area contributed by atoms with Crippen LogP contribution in [0.25, 0.3) is 12.2 Å². The Kier molecular flexibility index (Phi) is 7.85. The first-order valence-electron chi connectivity index (χ1n) is 6.86. The van der Waals surface area contributed by atoms with E-state index in [1.54, 1.807) is 6.07 Å². The summed E-state index contributed by atoms with van der Waals surface area (Å²) in [4.78, 5) is 0. The fraction of sp³-hybridized carbons (Fsp3) is 0.222. The normalized spacial score (nSPS) is 10.1. The minimum atomic E-state index is 0.310. The average molecular weight is 270 g/mol. The van der Waals surface area contributed by atoms with Crippen molar-refractivity contribution in [2.45, 2.75) is 13.8 Å². The summed E-state index contributed by atoms with van der Waals surface area (Å²) in [5.74, 6) is 0.310. The molecule has 0 amide bonds. The zero-order valence-corrected chi connectivity index (χ0v) is 12.1. The molecule has 106 valence electrons. The summed E-state index contributed by atoms with van der Waals surface area (Å²) in [6.07, 6.45) is 3.89. The molecule has 0 spiro atoms. The Balaban J connectivity index is 0.000000347. The molecule has 0 aliphatic carbocycles. The monoisotopic (exact) mass is 270 g/mol. The molecule has 0 atom stereocenters. The average Bonchev–Trinajstić information content (AvgIpc) is 2.49. The maximum Gasteiger partial charge on any atom is 0.122 e. The van der Waals surface area contributed by atoms with Gasteiger partial charge >= 0.3 is 0 Å². The summed E-state index contributed by atoms with van der Waals surface area (Å²) in [5, 5.41) is 9.54. The Bertz CT molecular complexity index is 502. The fourth-order valence-corrected chi connectivity index (χ4v) is 1.58. The summed E-state index contributed by atoms with van der Waals surface area (Å²) in [6, 6.07) is 17.3. The number of aromatic hydroxyl groups is 1. The van der Waals surface area contributed by atoms with Gasteiger partial charge in [0.2, 0.25) is 0 Å². The van der Waals surface area contributed by atoms with Crippen LogP contribution in [0.1, 0.15) is 25.0 Å². The van der Waals surface area contributed by atoms with Crippen molar-refractivity contribution in [2.24, 2.45) is 0 Å². The largest absolute Gasteiger partial charge is 0.507 e. The van der Waals surface area contributed by atoms with Crippen LogP contribution in [0.4, 0.5) is 0 Å². The first kappa shape index (κ1) is 16.0. The number of phenolic OH excluding ortho intramolecular Hbond substituents is 1. The van der Waals surface area contributed by atoms with E-state index in [1.165, 1.54) is 0 Å². The van der Waals surface area contributed by atoms with E-state index in [-0.39, 0.29) is 0 Å². The third-order valence-corrected chi connectivity index (χ3v) is 2.60. The minimum Gasteiger partial charge on any atom is -0.507 e. The van der Waals surface area contributed by atoms with Crippen molar-refractivity contribution in [3.8, 4) is 5.75 Å². The SMILES string of the molecule is CCOCC.Oc1ccccc1/C=C/c1ccccc1. The first-order valence-corrected chi connectivity index (χ1v) is 6.86. The number of ether oxygens (including phenoxy) is 1. The van der Waals surface area contributed by atoms with Gasteiger partial charge < -0.3 is 9.84 Å². The van der Waals surface area contributed by atoms with E-state index < -0.39 is 0 Å². The van der Waals surface area contributed by atoms with E-state index >= 15 is 0 Å². The topological polar surface area (TPSA) is 29.5 Å². The zero-order chi connectivity index (χ0) is 14.6. The number of hydrogen-bond acceptors (Lipinski definition) is 2. The highest BCUT2D eigenvalue weighted by molar-refractivity contribution is 5.72. The Morgan fingerprint density at radius 3 is 2.00 bits per heavy atom. The van der Waals surface area contributed by atoms with Gasteiger partial charge in [0.05, 0.1) is 0 Å². The molecule has 20 heavy (non-hydrogen) atoms. The molecule has 1 N–H and O–H groups in total. The van der Waals surface area contributed by atoms with Gasteiger partial charge in [-0.15, -0.1) is 0 Å². The molecule has 2 aromatic rings. The van der Waals surface area contributed by atoms with Crippen molar-refractivity contribution < 1.29 is 9.84 Å². The van der Waals surface area contributed by atoms with Gasteiger partial charge in [0.25, 0.3) is 0 Å². The predicted molar refractivity (Wildman–Crippen MR) is 85.6 cm³/mol. The number of hydrogen-bond donors (Lipinski definition) is 1. The molecule has 0 unspecified atom stereocenters. The van der Waals surface area contributed by atoms with Gasteiger partial charge in [0.15, 0.2) is 0 Å². The second kappa shape index (κ2) is 9.82. The first-order chi connectivity index (χ1) is 9.77. The maximum absolute atomic E-state index is 9.54. The maximum atomic E-state index is 9.54. The number of phenols is 1. The molecule has 0 fully saturated rings. The molecule has 2 heteroatoms. The Labute approximate surface area is 121 Å². The summed E-state index contributed by atoms with van der Waals surface area (Å²) < 4.78 is 4.83. The molecule has 0 radical (unpaired) electrons. The predicted octanol–water partition coefficient (Wildman–Crippen LogP) is 4.61. The summed E-state index contributed by atoms with van der Waals surface area (Å²) in [6.45, 7) is 5.67. The van der Waals surface area contributed by atoms with Crippen LogP contribution in [0.2, 0.25) is 0 Å². The summed E-state index contributed by atoms with van der Waals surface area (Å²) in [7, 11) is 0. The van der Waals surface area contributed by atoms with Crippen LogP contribution in [0.5, 0.6) is 5.75 Å². The molecule has 2 rings (SSSR count). The summed E-state index contributed by atoms with van der Waals surface area (Å²) in [5.41, 5.74) is 1.96. The van der Waals surface area contributed by atoms with E-state index in [9.17, 15) is 5.11 Å². The number of benzene rings is 2. The van der Waals surface area contributed by atoms with Crippen molar-refractivity contribution in [1.82, 2.24) is 0 Å². The van der Waals surface area contributed by atoms with Gasteiger partial charge in [-0.1, -0.05) is 60.7 Å². The van der Waals surface area contributed by atoms with E-state index in [1.807, 2.05) is 74.5 Å². The van der Waals surface area contributed by atoms with Crippen molar-refractivity contribution in [3.05, 3.63) is 65.7 Å². The molecular weight excluding hydrogens is 248 g/mol. The van der Waals surface area contributed by atoms with Gasteiger partial charge in [0.1, 0.15) is 5.75 Å². The molecular formula is C18H22O2. The van der Waals surface area contributed by atoms with Crippen molar-refractivity contribution in [1.29, 1.82) is 0 Å². The second-order valence-electron chi connectivity index (χ2n) is 4.08. The molecule has 0 saturated carbocycles. The van der Waals surface area contributed by atoms with Crippen LogP contribution in [-0.2, 0) is 4.74 Å². The molecule has 0 aliphatic heterocycles. The highest BCUT2D eigenvalue weighted by atomic mass is 16.5. The van der Waals surface area contributed by atoms with Gasteiger partial charge in [-0.3, -0.25) is 0 Å². The van der Waals surface area contributed by atoms with Gasteiger partial charge in [-0.25, -0.2) is 0 Å². The third-order valence-electron chi connectivity index (χ3n) is 2.60. The quantitative estimate of drug-likeness (QED) is 0.822. The Morgan fingerprint density at radius 1 is 0.850 bits per heavy atom. The minimum absolute atomic E-state index is 0.310. The van der Waals surface area contributed by atoms with Crippen molar-refractivity contribution in [3.63, 3.8) is 0 Å². The molecule has 0 aromatic heterocycles. The van der Waals surface area contributed by atoms with Crippen molar-refractivity contribution >= 4 is 12.2 Å². The lowest BCUT2D eigenvalue weighted by Gasteiger charge is -1.97. The highest BCUT2D eigenvalue weighted by Gasteiger charge is 1.93. The van der Waals surface area contributed by atoms with E-state index in [0.717, 1.165) is 24.3 Å². The third kappa shape index (κ3) is 6.21. The fourth-order valence-electron chi connectivity index (χ4n) is 1.58. The number of para-hydroxylation sites is 1. The standard InChI is InChI=1S/C14H12O.C4H10O/c15-14-9-5-4-8-13(14)11-10-12-6-2-1-3-7-12;1-3-5-4-2/h1-11,15H;3-4H2,1-2H3/b11-10+;. The molecule has 2 aromatic carbocycles. The second-order valence-corrected chi connectivity index (χ2v) is 4.08. The lowest BCUT2D eigenvalue weighted by atomic mass is 10.1. The van der Waals surface area contributed by atoms with Crippen LogP contribution >= 0.6 is 0 Å².